The van der Waals surface area contributed by atoms with Crippen LogP contribution >= 0.6 is 0 Å². The second-order valence-electron chi connectivity index (χ2n) is 7.60. The number of piperazine rings is 1. The van der Waals surface area contributed by atoms with Gasteiger partial charge in [0.25, 0.3) is 0 Å². The largest absolute Gasteiger partial charge is 0.338 e. The molecule has 1 aromatic carbocycles. The zero-order chi connectivity index (χ0) is 20.9. The quantitative estimate of drug-likeness (QED) is 0.673. The summed E-state index contributed by atoms with van der Waals surface area (Å²) in [5, 5.41) is 7.08. The van der Waals surface area contributed by atoms with Crippen molar-refractivity contribution in [3.05, 3.63) is 59.7 Å². The number of amides is 1. The van der Waals surface area contributed by atoms with Crippen LogP contribution in [-0.2, 0) is 11.3 Å². The van der Waals surface area contributed by atoms with Gasteiger partial charge in [0.15, 0.2) is 0 Å². The Morgan fingerprint density at radius 3 is 2.67 bits per heavy atom. The van der Waals surface area contributed by atoms with E-state index in [9.17, 15) is 4.79 Å². The topological polar surface area (TPSA) is 87.4 Å². The molecule has 0 bridgehead atoms. The van der Waals surface area contributed by atoms with Crippen LogP contribution < -0.4 is 5.32 Å². The second kappa shape index (κ2) is 9.15. The Morgan fingerprint density at radius 1 is 1.10 bits per heavy atom. The minimum atomic E-state index is 0.0233. The van der Waals surface area contributed by atoms with Crippen molar-refractivity contribution in [2.45, 2.75) is 20.4 Å². The van der Waals surface area contributed by atoms with Gasteiger partial charge in [0.2, 0.25) is 17.6 Å². The number of carbonyl (C=O) groups is 1. The average molecular weight is 406 g/mol. The molecule has 2 aromatic heterocycles. The van der Waals surface area contributed by atoms with Crippen LogP contribution in [0.1, 0.15) is 17.0 Å². The van der Waals surface area contributed by atoms with Crippen molar-refractivity contribution in [3.63, 3.8) is 0 Å². The molecule has 4 rings (SSSR count). The fraction of sp³-hybridized carbons (Fsp3) is 0.364. The van der Waals surface area contributed by atoms with Crippen molar-refractivity contribution in [2.24, 2.45) is 0 Å². The summed E-state index contributed by atoms with van der Waals surface area (Å²) in [5.74, 6) is 1.17. The highest BCUT2D eigenvalue weighted by atomic mass is 16.5. The molecule has 0 unspecified atom stereocenters. The van der Waals surface area contributed by atoms with Crippen LogP contribution in [0, 0.1) is 13.8 Å². The van der Waals surface area contributed by atoms with E-state index in [2.05, 4.69) is 30.2 Å². The molecule has 8 nitrogen and oxygen atoms in total. The van der Waals surface area contributed by atoms with Crippen LogP contribution in [0.15, 0.2) is 47.2 Å². The molecule has 1 aliphatic heterocycles. The summed E-state index contributed by atoms with van der Waals surface area (Å²) in [7, 11) is 0. The molecule has 1 N–H and O–H groups in total. The van der Waals surface area contributed by atoms with E-state index in [1.54, 1.807) is 12.4 Å². The minimum Gasteiger partial charge on any atom is -0.338 e. The van der Waals surface area contributed by atoms with Crippen LogP contribution in [0.3, 0.4) is 0 Å². The maximum Gasteiger partial charge on any atom is 0.241 e. The number of nitrogens with one attached hydrogen (secondary N) is 1. The zero-order valence-corrected chi connectivity index (χ0v) is 17.3. The van der Waals surface area contributed by atoms with Gasteiger partial charge in [-0.05, 0) is 43.2 Å². The number of hydrogen-bond donors (Lipinski definition) is 1. The van der Waals surface area contributed by atoms with E-state index >= 15 is 0 Å². The summed E-state index contributed by atoms with van der Waals surface area (Å²) < 4.78 is 5.39. The summed E-state index contributed by atoms with van der Waals surface area (Å²) in [5.41, 5.74) is 4.02. The third-order valence-corrected chi connectivity index (χ3v) is 5.46. The molecule has 1 fully saturated rings. The molecular formula is C22H26N6O2. The highest BCUT2D eigenvalue weighted by Crippen LogP contribution is 2.18. The molecule has 156 valence electrons. The van der Waals surface area contributed by atoms with E-state index in [1.165, 1.54) is 5.56 Å². The van der Waals surface area contributed by atoms with Gasteiger partial charge in [-0.3, -0.25) is 19.6 Å². The first-order chi connectivity index (χ1) is 14.6. The van der Waals surface area contributed by atoms with Gasteiger partial charge in [0.1, 0.15) is 0 Å². The summed E-state index contributed by atoms with van der Waals surface area (Å²) >= 11 is 0. The van der Waals surface area contributed by atoms with Crippen molar-refractivity contribution in [1.29, 1.82) is 0 Å². The van der Waals surface area contributed by atoms with Crippen molar-refractivity contribution < 1.29 is 9.32 Å². The fourth-order valence-electron chi connectivity index (χ4n) is 3.51. The van der Waals surface area contributed by atoms with Gasteiger partial charge in [-0.15, -0.1) is 0 Å². The van der Waals surface area contributed by atoms with Crippen molar-refractivity contribution >= 4 is 11.6 Å². The fourth-order valence-corrected chi connectivity index (χ4v) is 3.51. The molecule has 0 atom stereocenters. The molecule has 30 heavy (non-hydrogen) atoms. The maximum atomic E-state index is 12.4. The lowest BCUT2D eigenvalue weighted by Gasteiger charge is -2.33. The van der Waals surface area contributed by atoms with E-state index in [4.69, 9.17) is 4.52 Å². The van der Waals surface area contributed by atoms with Crippen molar-refractivity contribution in [3.8, 4) is 11.4 Å². The number of nitrogens with zero attached hydrogens (tertiary/aromatic N) is 5. The molecule has 0 spiro atoms. The number of carbonyl (C=O) groups excluding carboxylic acids is 1. The molecular weight excluding hydrogens is 380 g/mol. The molecule has 3 heterocycles. The Hall–Kier alpha value is -3.10. The van der Waals surface area contributed by atoms with Crippen LogP contribution in [0.25, 0.3) is 11.4 Å². The molecule has 1 amide bonds. The lowest BCUT2D eigenvalue weighted by molar-refractivity contribution is -0.117. The number of aromatic nitrogens is 3. The van der Waals surface area contributed by atoms with E-state index in [-0.39, 0.29) is 5.91 Å². The molecule has 1 saturated heterocycles. The minimum absolute atomic E-state index is 0.0233. The smallest absolute Gasteiger partial charge is 0.241 e. The normalized spacial score (nSPS) is 15.3. The number of rotatable bonds is 6. The maximum absolute atomic E-state index is 12.4. The van der Waals surface area contributed by atoms with Gasteiger partial charge in [0.05, 0.1) is 13.1 Å². The standard InChI is InChI=1S/C22H26N6O2/c1-16-5-3-7-19(17(16)2)24-20(29)14-27-9-11-28(12-10-27)15-21-25-22(26-30-21)18-6-4-8-23-13-18/h3-8,13H,9-12,14-15H2,1-2H3,(H,24,29). The van der Waals surface area contributed by atoms with Gasteiger partial charge in [-0.2, -0.15) is 4.98 Å². The zero-order valence-electron chi connectivity index (χ0n) is 17.3. The number of pyridine rings is 1. The third-order valence-electron chi connectivity index (χ3n) is 5.46. The van der Waals surface area contributed by atoms with Gasteiger partial charge in [0, 0.05) is 49.8 Å². The SMILES string of the molecule is Cc1cccc(NC(=O)CN2CCN(Cc3nc(-c4cccnc4)no3)CC2)c1C. The number of aryl methyl sites for hydroxylation is 1. The molecule has 8 heteroatoms. The van der Waals surface area contributed by atoms with Crippen LogP contribution in [0.2, 0.25) is 0 Å². The molecule has 0 aliphatic carbocycles. The average Bonchev–Trinajstić information content (AvgIpc) is 3.22. The van der Waals surface area contributed by atoms with E-state index < -0.39 is 0 Å². The predicted octanol–water partition coefficient (Wildman–Crippen LogP) is 2.50. The number of hydrogen-bond acceptors (Lipinski definition) is 7. The molecule has 1 aliphatic rings. The lowest BCUT2D eigenvalue weighted by Crippen LogP contribution is -2.48. The van der Waals surface area contributed by atoms with Gasteiger partial charge in [-0.1, -0.05) is 17.3 Å². The molecule has 0 saturated carbocycles. The monoisotopic (exact) mass is 406 g/mol. The number of benzene rings is 1. The summed E-state index contributed by atoms with van der Waals surface area (Å²) in [6, 6.07) is 9.72. The molecule has 0 radical (unpaired) electrons. The van der Waals surface area contributed by atoms with E-state index in [0.29, 0.717) is 24.8 Å². The first-order valence-corrected chi connectivity index (χ1v) is 10.1. The van der Waals surface area contributed by atoms with Crippen LogP contribution in [0.4, 0.5) is 5.69 Å². The van der Waals surface area contributed by atoms with Crippen molar-refractivity contribution in [2.75, 3.05) is 38.0 Å². The Balaban J connectivity index is 1.25. The highest BCUT2D eigenvalue weighted by molar-refractivity contribution is 5.93. The predicted molar refractivity (Wildman–Crippen MR) is 114 cm³/mol. The van der Waals surface area contributed by atoms with Gasteiger partial charge < -0.3 is 9.84 Å². The van der Waals surface area contributed by atoms with Gasteiger partial charge in [-0.25, -0.2) is 0 Å². The third kappa shape index (κ3) is 4.90. The Bertz CT molecular complexity index is 996. The Kier molecular flexibility index (Phi) is 6.15. The Morgan fingerprint density at radius 2 is 1.90 bits per heavy atom. The van der Waals surface area contributed by atoms with Gasteiger partial charge >= 0.3 is 0 Å². The Labute approximate surface area is 175 Å². The van der Waals surface area contributed by atoms with Crippen LogP contribution in [-0.4, -0.2) is 63.6 Å². The highest BCUT2D eigenvalue weighted by Gasteiger charge is 2.21. The second-order valence-corrected chi connectivity index (χ2v) is 7.60. The molecule has 3 aromatic rings. The number of anilines is 1. The first kappa shape index (κ1) is 20.2. The first-order valence-electron chi connectivity index (χ1n) is 10.1. The summed E-state index contributed by atoms with van der Waals surface area (Å²) in [6.07, 6.45) is 3.43. The van der Waals surface area contributed by atoms with Crippen LogP contribution in [0.5, 0.6) is 0 Å². The van der Waals surface area contributed by atoms with E-state index in [0.717, 1.165) is 43.0 Å². The summed E-state index contributed by atoms with van der Waals surface area (Å²) in [4.78, 5) is 25.4. The van der Waals surface area contributed by atoms with Crippen molar-refractivity contribution in [1.82, 2.24) is 24.9 Å². The lowest BCUT2D eigenvalue weighted by atomic mass is 10.1. The van der Waals surface area contributed by atoms with E-state index in [1.807, 2.05) is 44.2 Å². The summed E-state index contributed by atoms with van der Waals surface area (Å²) in [6.45, 7) is 8.42.